The van der Waals surface area contributed by atoms with Gasteiger partial charge in [-0.1, -0.05) is 90.4 Å². The normalized spacial score (nSPS) is 11.1. The van der Waals surface area contributed by atoms with Gasteiger partial charge in [0.05, 0.1) is 59.0 Å². The summed E-state index contributed by atoms with van der Waals surface area (Å²) in [4.78, 5) is 61.3. The number of hydrogen-bond acceptors (Lipinski definition) is 10. The Balaban J connectivity index is 3.99. The molecule has 0 aromatic heterocycles. The number of rotatable bonds is 42. The van der Waals surface area contributed by atoms with Gasteiger partial charge in [-0.2, -0.15) is 0 Å². The van der Waals surface area contributed by atoms with E-state index in [1.807, 2.05) is 4.90 Å². The van der Waals surface area contributed by atoms with E-state index in [2.05, 4.69) is 17.6 Å². The summed E-state index contributed by atoms with van der Waals surface area (Å²) in [5, 5.41) is 14.1. The summed E-state index contributed by atoms with van der Waals surface area (Å²) >= 11 is 0. The number of esters is 1. The van der Waals surface area contributed by atoms with Crippen LogP contribution in [-0.2, 0) is 47.7 Å². The van der Waals surface area contributed by atoms with Crippen LogP contribution in [0.3, 0.4) is 0 Å². The van der Waals surface area contributed by atoms with E-state index in [1.165, 1.54) is 44.9 Å². The number of hydrogen-bond donors (Lipinski definition) is 3. The van der Waals surface area contributed by atoms with E-state index in [-0.39, 0.29) is 49.8 Å². The number of amides is 3. The SMILES string of the molecule is CCCCCCCCCCCN(CCCC(=O)NCCOCCOCCOCCOCCC(=O)NCC(=O)OC(C)C)C(=O)CCCCCCCCCC(=O)O. The molecule has 0 atom stereocenters. The number of carboxylic acid groups (broad SMARTS) is 1. The quantitative estimate of drug-likeness (QED) is 0.0462. The first-order chi connectivity index (χ1) is 27.1. The third-order valence-corrected chi connectivity index (χ3v) is 8.95. The second-order valence-electron chi connectivity index (χ2n) is 14.5. The maximum atomic E-state index is 13.1. The van der Waals surface area contributed by atoms with Gasteiger partial charge in [0.2, 0.25) is 17.7 Å². The molecule has 0 rings (SSSR count). The zero-order valence-corrected chi connectivity index (χ0v) is 35.4. The number of nitrogens with zero attached hydrogens (tertiary/aromatic N) is 1. The van der Waals surface area contributed by atoms with E-state index < -0.39 is 11.9 Å². The van der Waals surface area contributed by atoms with Crippen LogP contribution in [0.2, 0.25) is 0 Å². The average Bonchev–Trinajstić information content (AvgIpc) is 3.16. The Morgan fingerprint density at radius 1 is 0.518 bits per heavy atom. The van der Waals surface area contributed by atoms with Crippen molar-refractivity contribution in [2.75, 3.05) is 79.0 Å². The Hall–Kier alpha value is -2.81. The Kier molecular flexibility index (Phi) is 38.4. The molecule has 3 amide bonds. The fourth-order valence-corrected chi connectivity index (χ4v) is 5.84. The second kappa shape index (κ2) is 40.4. The number of unbranched alkanes of at least 4 members (excludes halogenated alkanes) is 14. The maximum Gasteiger partial charge on any atom is 0.325 e. The molecule has 0 aromatic carbocycles. The van der Waals surface area contributed by atoms with Gasteiger partial charge in [-0.15, -0.1) is 0 Å². The Morgan fingerprint density at radius 2 is 0.982 bits per heavy atom. The monoisotopic (exact) mass is 802 g/mol. The number of carbonyl (C=O) groups excluding carboxylic acids is 4. The number of carbonyl (C=O) groups is 5. The lowest BCUT2D eigenvalue weighted by atomic mass is 10.1. The predicted octanol–water partition coefficient (Wildman–Crippen LogP) is 6.36. The highest BCUT2D eigenvalue weighted by Gasteiger charge is 2.14. The van der Waals surface area contributed by atoms with Gasteiger partial charge in [0, 0.05) is 45.3 Å². The molecule has 56 heavy (non-hydrogen) atoms. The van der Waals surface area contributed by atoms with Gasteiger partial charge in [0.1, 0.15) is 6.54 Å². The van der Waals surface area contributed by atoms with Crippen LogP contribution in [0.15, 0.2) is 0 Å². The lowest BCUT2D eigenvalue weighted by Gasteiger charge is -2.23. The molecule has 14 heteroatoms. The molecule has 328 valence electrons. The first-order valence-corrected chi connectivity index (χ1v) is 21.7. The van der Waals surface area contributed by atoms with Crippen LogP contribution >= 0.6 is 0 Å². The fourth-order valence-electron chi connectivity index (χ4n) is 5.84. The van der Waals surface area contributed by atoms with E-state index in [1.54, 1.807) is 13.8 Å². The summed E-state index contributed by atoms with van der Waals surface area (Å²) in [6.45, 7) is 10.3. The number of aliphatic carboxylic acids is 1. The molecule has 3 N–H and O–H groups in total. The van der Waals surface area contributed by atoms with Gasteiger partial charge in [0.25, 0.3) is 0 Å². The number of carboxylic acids is 1. The van der Waals surface area contributed by atoms with Crippen molar-refractivity contribution in [1.29, 1.82) is 0 Å². The Labute approximate surface area is 338 Å². The minimum atomic E-state index is -0.732. The van der Waals surface area contributed by atoms with Gasteiger partial charge < -0.3 is 44.3 Å². The molecule has 0 aliphatic carbocycles. The highest BCUT2D eigenvalue weighted by molar-refractivity contribution is 5.82. The van der Waals surface area contributed by atoms with Gasteiger partial charge in [-0.3, -0.25) is 24.0 Å². The Bertz CT molecular complexity index is 984. The van der Waals surface area contributed by atoms with E-state index in [0.717, 1.165) is 64.3 Å². The van der Waals surface area contributed by atoms with Crippen LogP contribution in [0.4, 0.5) is 0 Å². The highest BCUT2D eigenvalue weighted by Crippen LogP contribution is 2.13. The zero-order valence-electron chi connectivity index (χ0n) is 35.4. The molecular weight excluding hydrogens is 722 g/mol. The van der Waals surface area contributed by atoms with Gasteiger partial charge in [-0.25, -0.2) is 0 Å². The average molecular weight is 802 g/mol. The smallest absolute Gasteiger partial charge is 0.325 e. The van der Waals surface area contributed by atoms with Crippen LogP contribution in [0.25, 0.3) is 0 Å². The van der Waals surface area contributed by atoms with Crippen LogP contribution in [0.1, 0.15) is 156 Å². The van der Waals surface area contributed by atoms with Crippen molar-refractivity contribution in [2.45, 2.75) is 162 Å². The van der Waals surface area contributed by atoms with Crippen LogP contribution < -0.4 is 10.6 Å². The molecule has 0 fully saturated rings. The summed E-state index contributed by atoms with van der Waals surface area (Å²) in [7, 11) is 0. The van der Waals surface area contributed by atoms with E-state index in [0.29, 0.717) is 78.6 Å². The number of nitrogens with one attached hydrogen (secondary N) is 2. The molecule has 0 aliphatic heterocycles. The summed E-state index contributed by atoms with van der Waals surface area (Å²) in [5.74, 6) is -1.35. The molecule has 0 saturated carbocycles. The van der Waals surface area contributed by atoms with Gasteiger partial charge in [-0.05, 0) is 39.5 Å². The molecule has 14 nitrogen and oxygen atoms in total. The molecule has 0 spiro atoms. The minimum absolute atomic E-state index is 0.0447. The molecule has 0 unspecified atom stereocenters. The molecule has 0 aliphatic rings. The first-order valence-electron chi connectivity index (χ1n) is 21.7. The summed E-state index contributed by atoms with van der Waals surface area (Å²) < 4.78 is 26.8. The molecule has 0 radical (unpaired) electrons. The van der Waals surface area contributed by atoms with Crippen molar-refractivity contribution in [3.63, 3.8) is 0 Å². The van der Waals surface area contributed by atoms with Crippen molar-refractivity contribution in [1.82, 2.24) is 15.5 Å². The molecular formula is C42H79N3O11. The second-order valence-corrected chi connectivity index (χ2v) is 14.5. The largest absolute Gasteiger partial charge is 0.481 e. The summed E-state index contributed by atoms with van der Waals surface area (Å²) in [6.07, 6.45) is 19.5. The van der Waals surface area contributed by atoms with Gasteiger partial charge >= 0.3 is 11.9 Å². The highest BCUT2D eigenvalue weighted by atomic mass is 16.6. The van der Waals surface area contributed by atoms with Crippen LogP contribution in [-0.4, -0.2) is 125 Å². The van der Waals surface area contributed by atoms with Crippen LogP contribution in [0, 0.1) is 0 Å². The third kappa shape index (κ3) is 39.4. The van der Waals surface area contributed by atoms with Crippen molar-refractivity contribution in [3.05, 3.63) is 0 Å². The lowest BCUT2D eigenvalue weighted by Crippen LogP contribution is -2.34. The fraction of sp³-hybridized carbons (Fsp3) is 0.881. The predicted molar refractivity (Wildman–Crippen MR) is 217 cm³/mol. The zero-order chi connectivity index (χ0) is 41.3. The molecule has 0 bridgehead atoms. The summed E-state index contributed by atoms with van der Waals surface area (Å²) in [6, 6.07) is 0. The molecule has 0 saturated heterocycles. The van der Waals surface area contributed by atoms with Gasteiger partial charge in [0.15, 0.2) is 0 Å². The molecule has 0 aromatic rings. The van der Waals surface area contributed by atoms with Crippen molar-refractivity contribution < 1.29 is 52.8 Å². The Morgan fingerprint density at radius 3 is 1.54 bits per heavy atom. The minimum Gasteiger partial charge on any atom is -0.481 e. The van der Waals surface area contributed by atoms with Crippen molar-refractivity contribution in [2.24, 2.45) is 0 Å². The topological polar surface area (TPSA) is 179 Å². The standard InChI is InChI=1S/C42H79N3O11/c1-4-5-6-7-8-9-13-16-19-26-45(40(48)22-17-14-11-10-12-15-18-23-41(49)50)27-20-21-38(46)43-25-29-53-31-33-55-35-34-54-32-30-52-28-24-39(47)44-36-42(51)56-37(2)3/h37H,4-36H2,1-3H3,(H,43,46)(H,44,47)(H,49,50). The number of ether oxygens (including phenoxy) is 5. The summed E-state index contributed by atoms with van der Waals surface area (Å²) in [5.41, 5.74) is 0. The maximum absolute atomic E-state index is 13.1. The molecule has 0 heterocycles. The lowest BCUT2D eigenvalue weighted by molar-refractivity contribution is -0.147. The van der Waals surface area contributed by atoms with Crippen molar-refractivity contribution in [3.8, 4) is 0 Å². The van der Waals surface area contributed by atoms with E-state index in [4.69, 9.17) is 28.8 Å². The van der Waals surface area contributed by atoms with Crippen molar-refractivity contribution >= 4 is 29.7 Å². The third-order valence-electron chi connectivity index (χ3n) is 8.95. The van der Waals surface area contributed by atoms with E-state index >= 15 is 0 Å². The van der Waals surface area contributed by atoms with E-state index in [9.17, 15) is 24.0 Å². The first kappa shape index (κ1) is 53.2. The van der Waals surface area contributed by atoms with Crippen LogP contribution in [0.5, 0.6) is 0 Å².